The van der Waals surface area contributed by atoms with Crippen molar-refractivity contribution in [3.05, 3.63) is 11.4 Å². The van der Waals surface area contributed by atoms with E-state index in [0.29, 0.717) is 5.69 Å². The number of carboxylic acids is 1. The Hall–Kier alpha value is -1.66. The van der Waals surface area contributed by atoms with E-state index in [1.165, 1.54) is 18.5 Å². The minimum Gasteiger partial charge on any atom is -0.474 e. The Morgan fingerprint density at radius 3 is 2.40 bits per heavy atom. The Morgan fingerprint density at radius 1 is 1.53 bits per heavy atom. The van der Waals surface area contributed by atoms with Gasteiger partial charge in [-0.05, 0) is 13.8 Å². The van der Waals surface area contributed by atoms with Gasteiger partial charge < -0.3 is 9.84 Å². The first-order valence-electron chi connectivity index (χ1n) is 4.06. The fraction of sp³-hybridized carbons (Fsp3) is 0.500. The van der Waals surface area contributed by atoms with Crippen molar-refractivity contribution in [2.45, 2.75) is 20.0 Å². The van der Waals surface area contributed by atoms with Crippen LogP contribution in [0.25, 0.3) is 0 Å². The van der Waals surface area contributed by atoms with Crippen molar-refractivity contribution < 1.29 is 23.4 Å². The summed E-state index contributed by atoms with van der Waals surface area (Å²) in [5, 5.41) is 12.0. The lowest BCUT2D eigenvalue weighted by atomic mass is 10.3. The quantitative estimate of drug-likeness (QED) is 0.828. The molecule has 1 aromatic rings. The lowest BCUT2D eigenvalue weighted by Crippen LogP contribution is -2.35. The van der Waals surface area contributed by atoms with Crippen molar-refractivity contribution >= 4 is 5.97 Å². The van der Waals surface area contributed by atoms with E-state index < -0.39 is 12.1 Å². The maximum atomic E-state index is 12.7. The number of carboxylic acid groups (broad SMARTS) is 1. The molecule has 0 amide bonds. The molecule has 5 nitrogen and oxygen atoms in total. The molecule has 1 aromatic heterocycles. The molecule has 0 atom stereocenters. The van der Waals surface area contributed by atoms with Crippen molar-refractivity contribution in [3.8, 4) is 5.75 Å². The van der Waals surface area contributed by atoms with E-state index >= 15 is 0 Å². The molecule has 1 heterocycles. The van der Waals surface area contributed by atoms with Crippen LogP contribution < -0.4 is 4.74 Å². The van der Waals surface area contributed by atoms with Crippen molar-refractivity contribution in [3.63, 3.8) is 0 Å². The lowest BCUT2D eigenvalue weighted by molar-refractivity contribution is -0.211. The molecule has 0 aromatic carbocycles. The fourth-order valence-corrected chi connectivity index (χ4v) is 1.07. The Bertz CT molecular complexity index is 401. The Kier molecular flexibility index (Phi) is 2.65. The first kappa shape index (κ1) is 11.4. The van der Waals surface area contributed by atoms with Gasteiger partial charge in [0, 0.05) is 7.05 Å². The van der Waals surface area contributed by atoms with Gasteiger partial charge in [-0.2, -0.15) is 13.9 Å². The van der Waals surface area contributed by atoms with Crippen LogP contribution in [0.5, 0.6) is 5.75 Å². The average Bonchev–Trinajstić information content (AvgIpc) is 2.32. The SMILES string of the molecule is Cc1nn(C)c(C)c1OC(F)(F)C(=O)O. The minimum atomic E-state index is -4.24. The summed E-state index contributed by atoms with van der Waals surface area (Å²) in [5.41, 5.74) is 0.560. The van der Waals surface area contributed by atoms with Crippen molar-refractivity contribution in [2.24, 2.45) is 7.05 Å². The van der Waals surface area contributed by atoms with Gasteiger partial charge in [0.1, 0.15) is 5.69 Å². The number of hydrogen-bond acceptors (Lipinski definition) is 3. The first-order valence-corrected chi connectivity index (χ1v) is 4.06. The van der Waals surface area contributed by atoms with Crippen molar-refractivity contribution in [1.82, 2.24) is 9.78 Å². The Balaban J connectivity index is 3.04. The summed E-state index contributed by atoms with van der Waals surface area (Å²) in [6.45, 7) is 2.97. The molecule has 0 radical (unpaired) electrons. The number of carbonyl (C=O) groups is 1. The van der Waals surface area contributed by atoms with Crippen LogP contribution in [0, 0.1) is 13.8 Å². The van der Waals surface area contributed by atoms with Crippen LogP contribution in [0.2, 0.25) is 0 Å². The highest BCUT2D eigenvalue weighted by atomic mass is 19.3. The second-order valence-electron chi connectivity index (χ2n) is 3.05. The van der Waals surface area contributed by atoms with Crippen LogP contribution in [-0.2, 0) is 11.8 Å². The monoisotopic (exact) mass is 220 g/mol. The predicted molar refractivity (Wildman–Crippen MR) is 45.9 cm³/mol. The molecule has 0 bridgehead atoms. The molecule has 0 saturated heterocycles. The molecule has 84 valence electrons. The molecule has 1 N–H and O–H groups in total. The summed E-state index contributed by atoms with van der Waals surface area (Å²) < 4.78 is 31.0. The third-order valence-corrected chi connectivity index (χ3v) is 1.92. The molecule has 0 spiro atoms. The van der Waals surface area contributed by atoms with Gasteiger partial charge in [-0.1, -0.05) is 0 Å². The van der Waals surface area contributed by atoms with Gasteiger partial charge in [-0.3, -0.25) is 4.68 Å². The molecule has 7 heteroatoms. The second-order valence-corrected chi connectivity index (χ2v) is 3.05. The van der Waals surface area contributed by atoms with Gasteiger partial charge >= 0.3 is 12.1 Å². The molecule has 0 aliphatic carbocycles. The molecule has 0 aliphatic rings. The lowest BCUT2D eigenvalue weighted by Gasteiger charge is -2.13. The zero-order chi connectivity index (χ0) is 11.8. The van der Waals surface area contributed by atoms with Gasteiger partial charge in [-0.15, -0.1) is 0 Å². The largest absolute Gasteiger partial charge is 0.502 e. The van der Waals surface area contributed by atoms with Crippen LogP contribution in [0.3, 0.4) is 0 Å². The summed E-state index contributed by atoms with van der Waals surface area (Å²) in [6, 6.07) is 0. The molecule has 0 fully saturated rings. The highest BCUT2D eigenvalue weighted by molar-refractivity contribution is 5.74. The molecule has 0 aliphatic heterocycles. The number of alkyl halides is 2. The highest BCUT2D eigenvalue weighted by Gasteiger charge is 2.43. The second kappa shape index (κ2) is 3.48. The summed E-state index contributed by atoms with van der Waals surface area (Å²) >= 11 is 0. The number of ether oxygens (including phenoxy) is 1. The molecule has 0 saturated carbocycles. The molecule has 15 heavy (non-hydrogen) atoms. The van der Waals surface area contributed by atoms with E-state index in [-0.39, 0.29) is 11.4 Å². The fourth-order valence-electron chi connectivity index (χ4n) is 1.07. The zero-order valence-electron chi connectivity index (χ0n) is 8.41. The van der Waals surface area contributed by atoms with Gasteiger partial charge in [0.15, 0.2) is 5.75 Å². The molecular formula is C8H10F2N2O3. The standard InChI is InChI=1S/C8H10F2N2O3/c1-4-6(5(2)12(3)11-4)15-8(9,10)7(13)14/h1-3H3,(H,13,14). The Morgan fingerprint density at radius 2 is 2.07 bits per heavy atom. The number of nitrogens with zero attached hydrogens (tertiary/aromatic N) is 2. The van der Waals surface area contributed by atoms with Crippen LogP contribution in [-0.4, -0.2) is 27.0 Å². The first-order chi connectivity index (χ1) is 6.75. The topological polar surface area (TPSA) is 64.4 Å². The van der Waals surface area contributed by atoms with E-state index in [1.807, 2.05) is 0 Å². The molecular weight excluding hydrogens is 210 g/mol. The smallest absolute Gasteiger partial charge is 0.474 e. The Labute approximate surface area is 84.3 Å². The van der Waals surface area contributed by atoms with E-state index in [2.05, 4.69) is 9.84 Å². The molecule has 1 rings (SSSR count). The van der Waals surface area contributed by atoms with Crippen molar-refractivity contribution in [2.75, 3.05) is 0 Å². The summed E-state index contributed by atoms with van der Waals surface area (Å²) in [4.78, 5) is 10.2. The zero-order valence-corrected chi connectivity index (χ0v) is 8.41. The maximum Gasteiger partial charge on any atom is 0.502 e. The number of halogens is 2. The third kappa shape index (κ3) is 2.05. The average molecular weight is 220 g/mol. The van der Waals surface area contributed by atoms with Crippen LogP contribution in [0.1, 0.15) is 11.4 Å². The number of hydrogen-bond donors (Lipinski definition) is 1. The number of aromatic nitrogens is 2. The van der Waals surface area contributed by atoms with Gasteiger partial charge in [-0.25, -0.2) is 4.79 Å². The van der Waals surface area contributed by atoms with Crippen molar-refractivity contribution in [1.29, 1.82) is 0 Å². The van der Waals surface area contributed by atoms with E-state index in [9.17, 15) is 13.6 Å². The van der Waals surface area contributed by atoms with Gasteiger partial charge in [0.2, 0.25) is 0 Å². The summed E-state index contributed by atoms with van der Waals surface area (Å²) in [7, 11) is 1.55. The normalized spacial score (nSPS) is 11.5. The van der Waals surface area contributed by atoms with Crippen LogP contribution >= 0.6 is 0 Å². The molecule has 0 unspecified atom stereocenters. The number of aryl methyl sites for hydroxylation is 2. The highest BCUT2D eigenvalue weighted by Crippen LogP contribution is 2.27. The van der Waals surface area contributed by atoms with E-state index in [0.717, 1.165) is 0 Å². The van der Waals surface area contributed by atoms with Gasteiger partial charge in [0.25, 0.3) is 0 Å². The number of aliphatic carboxylic acids is 1. The van der Waals surface area contributed by atoms with E-state index in [4.69, 9.17) is 5.11 Å². The van der Waals surface area contributed by atoms with Crippen LogP contribution in [0.15, 0.2) is 0 Å². The third-order valence-electron chi connectivity index (χ3n) is 1.92. The van der Waals surface area contributed by atoms with Gasteiger partial charge in [0.05, 0.1) is 5.69 Å². The predicted octanol–water partition coefficient (Wildman–Crippen LogP) is 1.09. The van der Waals surface area contributed by atoms with E-state index in [1.54, 1.807) is 7.05 Å². The number of rotatable bonds is 3. The summed E-state index contributed by atoms with van der Waals surface area (Å²) in [5.74, 6) is -2.53. The summed E-state index contributed by atoms with van der Waals surface area (Å²) in [6.07, 6.45) is -4.24. The minimum absolute atomic E-state index is 0.204. The maximum absolute atomic E-state index is 12.7. The van der Waals surface area contributed by atoms with Crippen LogP contribution in [0.4, 0.5) is 8.78 Å².